The van der Waals surface area contributed by atoms with E-state index >= 15 is 0 Å². The molecule has 1 aliphatic rings. The zero-order valence-corrected chi connectivity index (χ0v) is 9.39. The number of hydrogen-bond acceptors (Lipinski definition) is 4. The Labute approximate surface area is 89.2 Å². The highest BCUT2D eigenvalue weighted by molar-refractivity contribution is 7.98. The highest BCUT2D eigenvalue weighted by atomic mass is 32.2. The summed E-state index contributed by atoms with van der Waals surface area (Å²) in [6.45, 7) is 2.48. The van der Waals surface area contributed by atoms with Crippen LogP contribution in [0.25, 0.3) is 0 Å². The number of morpholine rings is 1. The average molecular weight is 218 g/mol. The molecule has 0 aromatic heterocycles. The molecular formula is C9H18N2O2S. The first-order chi connectivity index (χ1) is 6.77. The standard InChI is InChI=1S/C9H18N2O2S/c1-14-5-2-9(12)11-3-4-13-8(6-10)7-11/h8H,2-7,10H2,1H3. The molecule has 1 rings (SSSR count). The van der Waals surface area contributed by atoms with E-state index in [1.807, 2.05) is 11.2 Å². The maximum Gasteiger partial charge on any atom is 0.223 e. The molecule has 1 fully saturated rings. The van der Waals surface area contributed by atoms with Gasteiger partial charge in [-0.05, 0) is 6.26 Å². The van der Waals surface area contributed by atoms with Crippen LogP contribution in [0.4, 0.5) is 0 Å². The summed E-state index contributed by atoms with van der Waals surface area (Å²) in [6.07, 6.45) is 2.66. The van der Waals surface area contributed by atoms with E-state index in [-0.39, 0.29) is 12.0 Å². The SMILES string of the molecule is CSCCC(=O)N1CCOC(CN)C1. The number of ether oxygens (including phenoxy) is 1. The fourth-order valence-corrected chi connectivity index (χ4v) is 1.81. The smallest absolute Gasteiger partial charge is 0.223 e. The predicted molar refractivity (Wildman–Crippen MR) is 58.4 cm³/mol. The van der Waals surface area contributed by atoms with Gasteiger partial charge in [0.05, 0.1) is 12.7 Å². The molecule has 14 heavy (non-hydrogen) atoms. The van der Waals surface area contributed by atoms with Gasteiger partial charge < -0.3 is 15.4 Å². The summed E-state index contributed by atoms with van der Waals surface area (Å²) in [5.41, 5.74) is 5.50. The molecule has 1 unspecified atom stereocenters. The molecular weight excluding hydrogens is 200 g/mol. The molecule has 82 valence electrons. The van der Waals surface area contributed by atoms with Gasteiger partial charge in [0.25, 0.3) is 0 Å². The molecule has 1 saturated heterocycles. The number of hydrogen-bond donors (Lipinski definition) is 1. The number of carbonyl (C=O) groups is 1. The summed E-state index contributed by atoms with van der Waals surface area (Å²) in [4.78, 5) is 13.5. The number of nitrogens with zero attached hydrogens (tertiary/aromatic N) is 1. The second kappa shape index (κ2) is 6.27. The van der Waals surface area contributed by atoms with E-state index in [1.165, 1.54) is 0 Å². The molecule has 0 spiro atoms. The maximum absolute atomic E-state index is 11.6. The third kappa shape index (κ3) is 3.48. The topological polar surface area (TPSA) is 55.6 Å². The van der Waals surface area contributed by atoms with Crippen molar-refractivity contribution >= 4 is 17.7 Å². The zero-order chi connectivity index (χ0) is 10.4. The van der Waals surface area contributed by atoms with Crippen LogP contribution in [0.2, 0.25) is 0 Å². The Balaban J connectivity index is 2.31. The molecule has 5 heteroatoms. The number of carbonyl (C=O) groups excluding carboxylic acids is 1. The van der Waals surface area contributed by atoms with E-state index in [9.17, 15) is 4.79 Å². The highest BCUT2D eigenvalue weighted by Crippen LogP contribution is 2.07. The van der Waals surface area contributed by atoms with Crippen LogP contribution in [0.5, 0.6) is 0 Å². The molecule has 0 saturated carbocycles. The minimum atomic E-state index is 0.0296. The van der Waals surface area contributed by atoms with Crippen molar-refractivity contribution in [2.45, 2.75) is 12.5 Å². The number of thioether (sulfide) groups is 1. The van der Waals surface area contributed by atoms with Crippen molar-refractivity contribution in [2.24, 2.45) is 5.73 Å². The molecule has 1 amide bonds. The molecule has 0 bridgehead atoms. The van der Waals surface area contributed by atoms with Crippen LogP contribution in [0.3, 0.4) is 0 Å². The fraction of sp³-hybridized carbons (Fsp3) is 0.889. The Morgan fingerprint density at radius 1 is 1.71 bits per heavy atom. The molecule has 1 aliphatic heterocycles. The normalized spacial score (nSPS) is 22.4. The molecule has 2 N–H and O–H groups in total. The third-order valence-electron chi connectivity index (χ3n) is 2.27. The third-order valence-corrected chi connectivity index (χ3v) is 2.89. The van der Waals surface area contributed by atoms with E-state index in [1.54, 1.807) is 11.8 Å². The molecule has 0 aliphatic carbocycles. The van der Waals surface area contributed by atoms with Gasteiger partial charge in [0.2, 0.25) is 5.91 Å². The van der Waals surface area contributed by atoms with Crippen LogP contribution >= 0.6 is 11.8 Å². The summed E-state index contributed by atoms with van der Waals surface area (Å²) >= 11 is 1.70. The lowest BCUT2D eigenvalue weighted by Crippen LogP contribution is -2.48. The van der Waals surface area contributed by atoms with Gasteiger partial charge in [-0.25, -0.2) is 0 Å². The summed E-state index contributed by atoms with van der Waals surface area (Å²) in [7, 11) is 0. The molecule has 1 heterocycles. The van der Waals surface area contributed by atoms with Gasteiger partial charge in [-0.2, -0.15) is 11.8 Å². The predicted octanol–water partition coefficient (Wildman–Crippen LogP) is -0.0744. The minimum absolute atomic E-state index is 0.0296. The van der Waals surface area contributed by atoms with Crippen molar-refractivity contribution in [2.75, 3.05) is 38.2 Å². The highest BCUT2D eigenvalue weighted by Gasteiger charge is 2.22. The molecule has 0 radical (unpaired) electrons. The van der Waals surface area contributed by atoms with Gasteiger partial charge in [0, 0.05) is 31.8 Å². The fourth-order valence-electron chi connectivity index (χ4n) is 1.44. The molecule has 0 aromatic rings. The summed E-state index contributed by atoms with van der Waals surface area (Å²) in [6, 6.07) is 0. The van der Waals surface area contributed by atoms with Crippen molar-refractivity contribution in [3.8, 4) is 0 Å². The van der Waals surface area contributed by atoms with Gasteiger partial charge in [0.15, 0.2) is 0 Å². The lowest BCUT2D eigenvalue weighted by atomic mass is 10.2. The largest absolute Gasteiger partial charge is 0.373 e. The molecule has 4 nitrogen and oxygen atoms in total. The van der Waals surface area contributed by atoms with Gasteiger partial charge in [-0.3, -0.25) is 4.79 Å². The first-order valence-corrected chi connectivity index (χ1v) is 6.25. The lowest BCUT2D eigenvalue weighted by molar-refractivity contribution is -0.137. The second-order valence-electron chi connectivity index (χ2n) is 3.31. The molecule has 0 aromatic carbocycles. The first kappa shape index (κ1) is 11.8. The van der Waals surface area contributed by atoms with Crippen molar-refractivity contribution in [3.63, 3.8) is 0 Å². The van der Waals surface area contributed by atoms with E-state index in [0.717, 1.165) is 5.75 Å². The lowest BCUT2D eigenvalue weighted by Gasteiger charge is -2.32. The summed E-state index contributed by atoms with van der Waals surface area (Å²) in [5, 5.41) is 0. The quantitative estimate of drug-likeness (QED) is 0.717. The van der Waals surface area contributed by atoms with Crippen LogP contribution in [0.15, 0.2) is 0 Å². The number of rotatable bonds is 4. The summed E-state index contributed by atoms with van der Waals surface area (Å²) in [5.74, 6) is 1.12. The van der Waals surface area contributed by atoms with E-state index in [4.69, 9.17) is 10.5 Å². The van der Waals surface area contributed by atoms with Crippen LogP contribution in [0, 0.1) is 0 Å². The first-order valence-electron chi connectivity index (χ1n) is 4.86. The van der Waals surface area contributed by atoms with Gasteiger partial charge >= 0.3 is 0 Å². The van der Waals surface area contributed by atoms with Crippen molar-refractivity contribution in [3.05, 3.63) is 0 Å². The Hall–Kier alpha value is -0.260. The average Bonchev–Trinajstić information content (AvgIpc) is 2.26. The summed E-state index contributed by atoms with van der Waals surface area (Å²) < 4.78 is 5.39. The Kier molecular flexibility index (Phi) is 5.29. The number of nitrogens with two attached hydrogens (primary N) is 1. The molecule has 1 atom stereocenters. The maximum atomic E-state index is 11.6. The monoisotopic (exact) mass is 218 g/mol. The second-order valence-corrected chi connectivity index (χ2v) is 4.30. The minimum Gasteiger partial charge on any atom is -0.373 e. The Morgan fingerprint density at radius 3 is 3.14 bits per heavy atom. The Morgan fingerprint density at radius 2 is 2.50 bits per heavy atom. The van der Waals surface area contributed by atoms with E-state index in [0.29, 0.717) is 32.7 Å². The van der Waals surface area contributed by atoms with Crippen LogP contribution in [0.1, 0.15) is 6.42 Å². The van der Waals surface area contributed by atoms with Crippen molar-refractivity contribution in [1.29, 1.82) is 0 Å². The number of amides is 1. The van der Waals surface area contributed by atoms with Crippen molar-refractivity contribution in [1.82, 2.24) is 4.90 Å². The van der Waals surface area contributed by atoms with Gasteiger partial charge in [-0.1, -0.05) is 0 Å². The Bertz CT molecular complexity index is 190. The van der Waals surface area contributed by atoms with Crippen LogP contribution in [-0.4, -0.2) is 55.2 Å². The van der Waals surface area contributed by atoms with Gasteiger partial charge in [0.1, 0.15) is 0 Å². The van der Waals surface area contributed by atoms with Crippen LogP contribution in [-0.2, 0) is 9.53 Å². The van der Waals surface area contributed by atoms with E-state index in [2.05, 4.69) is 0 Å². The van der Waals surface area contributed by atoms with Crippen molar-refractivity contribution < 1.29 is 9.53 Å². The van der Waals surface area contributed by atoms with Gasteiger partial charge in [-0.15, -0.1) is 0 Å². The van der Waals surface area contributed by atoms with Crippen LogP contribution < -0.4 is 5.73 Å². The zero-order valence-electron chi connectivity index (χ0n) is 8.57. The van der Waals surface area contributed by atoms with E-state index < -0.39 is 0 Å².